The van der Waals surface area contributed by atoms with E-state index in [0.29, 0.717) is 20.5 Å². The summed E-state index contributed by atoms with van der Waals surface area (Å²) < 4.78 is 5.36. The first kappa shape index (κ1) is 19.8. The van der Waals surface area contributed by atoms with Gasteiger partial charge in [-0.25, -0.2) is 0 Å². The van der Waals surface area contributed by atoms with Crippen molar-refractivity contribution in [1.29, 1.82) is 0 Å². The van der Waals surface area contributed by atoms with Gasteiger partial charge in [0.05, 0.1) is 21.3 Å². The van der Waals surface area contributed by atoms with Gasteiger partial charge in [0.1, 0.15) is 0 Å². The summed E-state index contributed by atoms with van der Waals surface area (Å²) in [5.74, 6) is -1.62. The topological polar surface area (TPSA) is 89.5 Å². The molecule has 136 valence electrons. The van der Waals surface area contributed by atoms with Gasteiger partial charge in [0.15, 0.2) is 18.2 Å². The molecule has 0 fully saturated rings. The number of halogens is 1. The number of carbonyl (C=O) groups is 4. The van der Waals surface area contributed by atoms with E-state index in [0.717, 1.165) is 11.3 Å². The molecule has 2 aromatic rings. The number of rotatable bonds is 8. The van der Waals surface area contributed by atoms with Gasteiger partial charge >= 0.3 is 5.97 Å². The molecular formula is C18H16ClNO5S. The lowest BCUT2D eigenvalue weighted by Gasteiger charge is -2.09. The first-order valence-electron chi connectivity index (χ1n) is 7.71. The van der Waals surface area contributed by atoms with Gasteiger partial charge in [-0.3, -0.25) is 19.2 Å². The molecule has 26 heavy (non-hydrogen) atoms. The Morgan fingerprint density at radius 3 is 2.46 bits per heavy atom. The van der Waals surface area contributed by atoms with E-state index in [2.05, 4.69) is 5.32 Å². The third kappa shape index (κ3) is 5.79. The SMILES string of the molecule is CC(=O)c1ccccc1NC(=O)COC(=O)CCC(=O)c1ccc(Cl)s1. The zero-order valence-electron chi connectivity index (χ0n) is 13.9. The number of carbonyl (C=O) groups excluding carboxylic acids is 4. The van der Waals surface area contributed by atoms with Crippen LogP contribution in [0, 0.1) is 0 Å². The Morgan fingerprint density at radius 1 is 1.08 bits per heavy atom. The molecule has 0 bridgehead atoms. The summed E-state index contributed by atoms with van der Waals surface area (Å²) in [4.78, 5) is 47.4. The fraction of sp³-hybridized carbons (Fsp3) is 0.222. The average Bonchev–Trinajstić information content (AvgIpc) is 3.04. The largest absolute Gasteiger partial charge is 0.456 e. The van der Waals surface area contributed by atoms with Crippen molar-refractivity contribution in [1.82, 2.24) is 0 Å². The third-order valence-corrected chi connectivity index (χ3v) is 4.62. The van der Waals surface area contributed by atoms with Gasteiger partial charge in [-0.15, -0.1) is 11.3 Å². The van der Waals surface area contributed by atoms with Crippen LogP contribution in [-0.2, 0) is 14.3 Å². The van der Waals surface area contributed by atoms with E-state index in [1.165, 1.54) is 6.92 Å². The van der Waals surface area contributed by atoms with Crippen LogP contribution in [0.4, 0.5) is 5.69 Å². The van der Waals surface area contributed by atoms with Crippen LogP contribution in [0.3, 0.4) is 0 Å². The van der Waals surface area contributed by atoms with Crippen LogP contribution in [-0.4, -0.2) is 30.0 Å². The molecule has 1 heterocycles. The van der Waals surface area contributed by atoms with Crippen LogP contribution in [0.1, 0.15) is 39.8 Å². The minimum Gasteiger partial charge on any atom is -0.456 e. The molecule has 0 saturated carbocycles. The Bertz CT molecular complexity index is 846. The summed E-state index contributed by atoms with van der Waals surface area (Å²) >= 11 is 6.90. The van der Waals surface area contributed by atoms with Crippen LogP contribution >= 0.6 is 22.9 Å². The van der Waals surface area contributed by atoms with Crippen molar-refractivity contribution in [3.63, 3.8) is 0 Å². The first-order valence-corrected chi connectivity index (χ1v) is 8.90. The highest BCUT2D eigenvalue weighted by molar-refractivity contribution is 7.18. The number of ether oxygens (including phenoxy) is 1. The van der Waals surface area contributed by atoms with E-state index >= 15 is 0 Å². The number of hydrogen-bond acceptors (Lipinski definition) is 6. The fourth-order valence-electron chi connectivity index (χ4n) is 2.11. The van der Waals surface area contributed by atoms with E-state index in [1.807, 2.05) is 0 Å². The highest BCUT2D eigenvalue weighted by Crippen LogP contribution is 2.23. The number of anilines is 1. The van der Waals surface area contributed by atoms with Crippen LogP contribution in [0.5, 0.6) is 0 Å². The Kier molecular flexibility index (Phi) is 7.06. The second kappa shape index (κ2) is 9.26. The monoisotopic (exact) mass is 393 g/mol. The molecule has 2 rings (SSSR count). The number of benzene rings is 1. The van der Waals surface area contributed by atoms with Crippen LogP contribution in [0.15, 0.2) is 36.4 Å². The minimum absolute atomic E-state index is 0.0233. The Morgan fingerprint density at radius 2 is 1.81 bits per heavy atom. The smallest absolute Gasteiger partial charge is 0.306 e. The lowest BCUT2D eigenvalue weighted by molar-refractivity contribution is -0.147. The zero-order chi connectivity index (χ0) is 19.1. The predicted octanol–water partition coefficient (Wildman–Crippen LogP) is 3.75. The molecule has 8 heteroatoms. The predicted molar refractivity (Wildman–Crippen MR) is 98.9 cm³/mol. The normalized spacial score (nSPS) is 10.2. The van der Waals surface area contributed by atoms with Crippen molar-refractivity contribution in [2.45, 2.75) is 19.8 Å². The first-order chi connectivity index (χ1) is 12.4. The van der Waals surface area contributed by atoms with Gasteiger partial charge in [-0.1, -0.05) is 23.7 Å². The summed E-state index contributed by atoms with van der Waals surface area (Å²) in [6.07, 6.45) is -0.157. The van der Waals surface area contributed by atoms with Crippen molar-refractivity contribution in [2.75, 3.05) is 11.9 Å². The minimum atomic E-state index is -0.656. The van der Waals surface area contributed by atoms with Gasteiger partial charge in [-0.2, -0.15) is 0 Å². The molecule has 1 N–H and O–H groups in total. The Hall–Kier alpha value is -2.51. The van der Waals surface area contributed by atoms with Crippen LogP contribution in [0.25, 0.3) is 0 Å². The summed E-state index contributed by atoms with van der Waals surface area (Å²) in [7, 11) is 0. The number of esters is 1. The molecule has 0 radical (unpaired) electrons. The quantitative estimate of drug-likeness (QED) is 0.545. The number of hydrogen-bond donors (Lipinski definition) is 1. The second-order valence-corrected chi connectivity index (χ2v) is 7.05. The molecule has 1 aromatic heterocycles. The van der Waals surface area contributed by atoms with E-state index in [1.54, 1.807) is 36.4 Å². The molecule has 0 spiro atoms. The van der Waals surface area contributed by atoms with E-state index < -0.39 is 18.5 Å². The number of Topliss-reactive ketones (excluding diaryl/α,β-unsaturated/α-hetero) is 2. The summed E-state index contributed by atoms with van der Waals surface area (Å²) in [5, 5.41) is 2.52. The van der Waals surface area contributed by atoms with Crippen molar-refractivity contribution in [3.8, 4) is 0 Å². The molecular weight excluding hydrogens is 378 g/mol. The van der Waals surface area contributed by atoms with E-state index in [-0.39, 0.29) is 24.4 Å². The molecule has 0 atom stereocenters. The Labute approximate surface area is 159 Å². The van der Waals surface area contributed by atoms with Crippen molar-refractivity contribution in [3.05, 3.63) is 51.2 Å². The van der Waals surface area contributed by atoms with Gasteiger partial charge in [0.2, 0.25) is 0 Å². The maximum absolute atomic E-state index is 11.9. The molecule has 0 aliphatic rings. The number of para-hydroxylation sites is 1. The average molecular weight is 394 g/mol. The van der Waals surface area contributed by atoms with Crippen molar-refractivity contribution >= 4 is 52.1 Å². The zero-order valence-corrected chi connectivity index (χ0v) is 15.5. The second-order valence-electron chi connectivity index (χ2n) is 5.34. The lowest BCUT2D eigenvalue weighted by Crippen LogP contribution is -2.22. The maximum atomic E-state index is 11.9. The van der Waals surface area contributed by atoms with E-state index in [9.17, 15) is 19.2 Å². The molecule has 0 aliphatic heterocycles. The fourth-order valence-corrected chi connectivity index (χ4v) is 3.12. The summed E-state index contributed by atoms with van der Waals surface area (Å²) in [5.41, 5.74) is 0.721. The maximum Gasteiger partial charge on any atom is 0.306 e. The molecule has 6 nitrogen and oxygen atoms in total. The highest BCUT2D eigenvalue weighted by Gasteiger charge is 2.14. The standard InChI is InChI=1S/C18H16ClNO5S/c1-11(21)12-4-2-3-5-13(12)20-17(23)10-25-18(24)9-6-14(22)15-7-8-16(19)26-15/h2-5,7-8H,6,9-10H2,1H3,(H,20,23). The molecule has 1 amide bonds. The van der Waals surface area contributed by atoms with Gasteiger partial charge in [0, 0.05) is 12.0 Å². The molecule has 0 unspecified atom stereocenters. The number of thiophene rings is 1. The summed E-state index contributed by atoms with van der Waals surface area (Å²) in [6.45, 7) is 0.896. The number of amides is 1. The number of nitrogens with one attached hydrogen (secondary N) is 1. The number of ketones is 2. The van der Waals surface area contributed by atoms with Crippen molar-refractivity contribution < 1.29 is 23.9 Å². The lowest BCUT2D eigenvalue weighted by atomic mass is 10.1. The van der Waals surface area contributed by atoms with Gasteiger partial charge in [0.25, 0.3) is 5.91 Å². The molecule has 0 saturated heterocycles. The Balaban J connectivity index is 1.77. The van der Waals surface area contributed by atoms with Crippen LogP contribution in [0.2, 0.25) is 4.34 Å². The van der Waals surface area contributed by atoms with Gasteiger partial charge in [-0.05, 0) is 31.2 Å². The van der Waals surface area contributed by atoms with E-state index in [4.69, 9.17) is 16.3 Å². The van der Waals surface area contributed by atoms with Gasteiger partial charge < -0.3 is 10.1 Å². The third-order valence-electron chi connectivity index (χ3n) is 3.35. The summed E-state index contributed by atoms with van der Waals surface area (Å²) in [6, 6.07) is 9.75. The highest BCUT2D eigenvalue weighted by atomic mass is 35.5. The molecule has 0 aliphatic carbocycles. The van der Waals surface area contributed by atoms with Crippen molar-refractivity contribution in [2.24, 2.45) is 0 Å². The van der Waals surface area contributed by atoms with Crippen LogP contribution < -0.4 is 5.32 Å². The molecule has 1 aromatic carbocycles.